The number of nitrogens with zero attached hydrogens (tertiary/aromatic N) is 3. The molecule has 0 radical (unpaired) electrons. The van der Waals surface area contributed by atoms with Gasteiger partial charge in [-0.25, -0.2) is 9.78 Å². The van der Waals surface area contributed by atoms with Gasteiger partial charge in [-0.2, -0.15) is 0 Å². The van der Waals surface area contributed by atoms with Crippen molar-refractivity contribution in [1.82, 2.24) is 14.7 Å². The van der Waals surface area contributed by atoms with Crippen LogP contribution in [0.25, 0.3) is 5.65 Å². The monoisotopic (exact) mass is 342 g/mol. The van der Waals surface area contributed by atoms with Crippen LogP contribution in [0.2, 0.25) is 0 Å². The Hall–Kier alpha value is -2.90. The van der Waals surface area contributed by atoms with Gasteiger partial charge < -0.3 is 19.3 Å². The highest BCUT2D eigenvalue weighted by Crippen LogP contribution is 2.44. The van der Waals surface area contributed by atoms with Gasteiger partial charge in [0.15, 0.2) is 0 Å². The molecule has 2 atom stereocenters. The number of aromatic nitrogens is 2. The number of rotatable bonds is 4. The highest BCUT2D eigenvalue weighted by atomic mass is 16.7. The number of hydrogen-bond donors (Lipinski definition) is 1. The number of oxime groups is 1. The van der Waals surface area contributed by atoms with Crippen LogP contribution >= 0.6 is 0 Å². The molecule has 1 aliphatic carbocycles. The maximum atomic E-state index is 12.5. The molecule has 0 bridgehead atoms. The molecule has 8 heteroatoms. The maximum absolute atomic E-state index is 12.5. The first-order valence-corrected chi connectivity index (χ1v) is 8.19. The predicted octanol–water partition coefficient (Wildman–Crippen LogP) is 1.16. The van der Waals surface area contributed by atoms with Crippen LogP contribution in [-0.2, 0) is 14.4 Å². The Morgan fingerprint density at radius 3 is 3.20 bits per heavy atom. The third-order valence-electron chi connectivity index (χ3n) is 4.96. The minimum atomic E-state index is -1.02. The second kappa shape index (κ2) is 5.87. The van der Waals surface area contributed by atoms with Gasteiger partial charge in [0.1, 0.15) is 5.65 Å². The van der Waals surface area contributed by atoms with E-state index < -0.39 is 11.6 Å². The Morgan fingerprint density at radius 2 is 2.36 bits per heavy atom. The van der Waals surface area contributed by atoms with Gasteiger partial charge in [0, 0.05) is 25.0 Å². The molecule has 0 aromatic carbocycles. The van der Waals surface area contributed by atoms with E-state index >= 15 is 0 Å². The third kappa shape index (κ3) is 2.36. The van der Waals surface area contributed by atoms with Crippen molar-refractivity contribution < 1.29 is 19.2 Å². The molecule has 1 fully saturated rings. The van der Waals surface area contributed by atoms with E-state index in [2.05, 4.69) is 15.5 Å². The molecular weight excluding hydrogens is 324 g/mol. The summed E-state index contributed by atoms with van der Waals surface area (Å²) < 4.78 is 6.67. The molecule has 4 rings (SSSR count). The van der Waals surface area contributed by atoms with Crippen LogP contribution in [0.3, 0.4) is 0 Å². The lowest BCUT2D eigenvalue weighted by Crippen LogP contribution is -2.45. The van der Waals surface area contributed by atoms with E-state index in [9.17, 15) is 9.59 Å². The van der Waals surface area contributed by atoms with Gasteiger partial charge >= 0.3 is 5.97 Å². The van der Waals surface area contributed by atoms with E-state index in [4.69, 9.17) is 9.57 Å². The van der Waals surface area contributed by atoms with Crippen molar-refractivity contribution in [2.24, 2.45) is 11.1 Å². The number of fused-ring (bicyclic) bond motifs is 2. The molecule has 0 spiro atoms. The number of carbonyl (C=O) groups excluding carboxylic acids is 2. The first-order valence-electron chi connectivity index (χ1n) is 8.19. The van der Waals surface area contributed by atoms with E-state index in [1.54, 1.807) is 28.9 Å². The molecule has 2 aromatic heterocycles. The molecule has 1 saturated carbocycles. The number of nitrogens with one attached hydrogen (secondary N) is 1. The quantitative estimate of drug-likeness (QED) is 0.842. The van der Waals surface area contributed by atoms with Crippen LogP contribution in [-0.4, -0.2) is 46.2 Å². The van der Waals surface area contributed by atoms with Gasteiger partial charge in [0.25, 0.3) is 5.91 Å². The largest absolute Gasteiger partial charge is 0.466 e. The first kappa shape index (κ1) is 15.6. The van der Waals surface area contributed by atoms with E-state index in [0.717, 1.165) is 12.8 Å². The second-order valence-electron chi connectivity index (χ2n) is 6.26. The summed E-state index contributed by atoms with van der Waals surface area (Å²) in [7, 11) is 1.35. The zero-order chi connectivity index (χ0) is 17.4. The maximum Gasteiger partial charge on any atom is 0.353 e. The molecule has 3 heterocycles. The fourth-order valence-electron chi connectivity index (χ4n) is 3.73. The predicted molar refractivity (Wildman–Crippen MR) is 88.1 cm³/mol. The average molecular weight is 342 g/mol. The van der Waals surface area contributed by atoms with Crippen molar-refractivity contribution in [3.63, 3.8) is 0 Å². The van der Waals surface area contributed by atoms with Crippen LogP contribution < -0.4 is 5.32 Å². The molecular formula is C17H18N4O4. The van der Waals surface area contributed by atoms with Crippen molar-refractivity contribution in [3.8, 4) is 0 Å². The van der Waals surface area contributed by atoms with Gasteiger partial charge in [0.2, 0.25) is 5.60 Å². The topological polar surface area (TPSA) is 94.3 Å². The summed E-state index contributed by atoms with van der Waals surface area (Å²) >= 11 is 0. The number of ether oxygens (including phenoxy) is 1. The van der Waals surface area contributed by atoms with E-state index in [0.29, 0.717) is 23.3 Å². The van der Waals surface area contributed by atoms with E-state index in [1.807, 2.05) is 6.20 Å². The lowest BCUT2D eigenvalue weighted by molar-refractivity contribution is -0.168. The summed E-state index contributed by atoms with van der Waals surface area (Å²) in [4.78, 5) is 34.3. The molecule has 2 unspecified atom stereocenters. The summed E-state index contributed by atoms with van der Waals surface area (Å²) in [5.41, 5.74) is 0.733. The number of imidazole rings is 1. The third-order valence-corrected chi connectivity index (χ3v) is 4.96. The lowest BCUT2D eigenvalue weighted by Gasteiger charge is -2.23. The molecule has 0 saturated heterocycles. The molecule has 8 nitrogen and oxygen atoms in total. The highest BCUT2D eigenvalue weighted by Gasteiger charge is 2.58. The SMILES string of the molecule is COC(=O)C12CCCC1C(CNC(=O)c1cccn3ccnc13)=NO2. The summed E-state index contributed by atoms with van der Waals surface area (Å²) in [5.74, 6) is -0.794. The average Bonchev–Trinajstić information content (AvgIpc) is 3.33. The van der Waals surface area contributed by atoms with Crippen LogP contribution in [0.4, 0.5) is 0 Å². The van der Waals surface area contributed by atoms with Crippen LogP contribution in [0.5, 0.6) is 0 Å². The Balaban J connectivity index is 1.48. The molecule has 1 amide bonds. The van der Waals surface area contributed by atoms with Crippen molar-refractivity contribution in [1.29, 1.82) is 0 Å². The molecule has 25 heavy (non-hydrogen) atoms. The smallest absolute Gasteiger partial charge is 0.353 e. The summed E-state index contributed by atoms with van der Waals surface area (Å²) in [6, 6.07) is 3.51. The molecule has 1 aliphatic heterocycles. The van der Waals surface area contributed by atoms with Crippen molar-refractivity contribution >= 4 is 23.2 Å². The molecule has 2 aromatic rings. The zero-order valence-electron chi connectivity index (χ0n) is 13.8. The number of pyridine rings is 1. The minimum absolute atomic E-state index is 0.150. The van der Waals surface area contributed by atoms with Gasteiger partial charge in [-0.05, 0) is 25.0 Å². The second-order valence-corrected chi connectivity index (χ2v) is 6.26. The fraction of sp³-hybridized carbons (Fsp3) is 0.412. The number of amides is 1. The van der Waals surface area contributed by atoms with Gasteiger partial charge in [-0.3, -0.25) is 4.79 Å². The Kier molecular flexibility index (Phi) is 3.67. The normalized spacial score (nSPS) is 24.5. The summed E-state index contributed by atoms with van der Waals surface area (Å²) in [5, 5.41) is 6.91. The van der Waals surface area contributed by atoms with Crippen LogP contribution in [0, 0.1) is 5.92 Å². The highest BCUT2D eigenvalue weighted by molar-refractivity contribution is 6.03. The van der Waals surface area contributed by atoms with Gasteiger partial charge in [-0.15, -0.1) is 0 Å². The number of hydrogen-bond acceptors (Lipinski definition) is 6. The van der Waals surface area contributed by atoms with E-state index in [-0.39, 0.29) is 18.4 Å². The molecule has 2 aliphatic rings. The summed E-state index contributed by atoms with van der Waals surface area (Å²) in [6.07, 6.45) is 7.49. The number of esters is 1. The van der Waals surface area contributed by atoms with Crippen LogP contribution in [0.1, 0.15) is 29.6 Å². The fourth-order valence-corrected chi connectivity index (χ4v) is 3.73. The van der Waals surface area contributed by atoms with Crippen molar-refractivity contribution in [3.05, 3.63) is 36.3 Å². The Bertz CT molecular complexity index is 874. The van der Waals surface area contributed by atoms with Crippen molar-refractivity contribution in [2.75, 3.05) is 13.7 Å². The van der Waals surface area contributed by atoms with Gasteiger partial charge in [0.05, 0.1) is 30.8 Å². The Morgan fingerprint density at radius 1 is 1.48 bits per heavy atom. The summed E-state index contributed by atoms with van der Waals surface area (Å²) in [6.45, 7) is 0.226. The number of carbonyl (C=O) groups is 2. The minimum Gasteiger partial charge on any atom is -0.466 e. The van der Waals surface area contributed by atoms with E-state index in [1.165, 1.54) is 7.11 Å². The van der Waals surface area contributed by atoms with Gasteiger partial charge in [-0.1, -0.05) is 5.16 Å². The molecule has 1 N–H and O–H groups in total. The first-order chi connectivity index (χ1) is 12.2. The molecule has 130 valence electrons. The Labute approximate surface area is 143 Å². The van der Waals surface area contributed by atoms with Crippen molar-refractivity contribution in [2.45, 2.75) is 24.9 Å². The van der Waals surface area contributed by atoms with Crippen LogP contribution in [0.15, 0.2) is 35.9 Å². The standard InChI is InChI=1S/C17H18N4O4/c1-24-16(23)17-6-2-5-12(17)13(20-25-17)10-19-15(22)11-4-3-8-21-9-7-18-14(11)21/h3-4,7-9,12H,2,5-6,10H2,1H3,(H,19,22). The lowest BCUT2D eigenvalue weighted by atomic mass is 9.87. The number of methoxy groups -OCH3 is 1. The zero-order valence-corrected chi connectivity index (χ0v) is 13.8.